The van der Waals surface area contributed by atoms with Crippen LogP contribution in [0.15, 0.2) is 24.3 Å². The molecule has 20 heavy (non-hydrogen) atoms. The minimum absolute atomic E-state index is 0.299. The molecule has 5 heteroatoms. The second-order valence-electron chi connectivity index (χ2n) is 7.26. The zero-order valence-corrected chi connectivity index (χ0v) is 13.9. The maximum absolute atomic E-state index is 12.0. The zero-order chi connectivity index (χ0) is 16.0. The highest BCUT2D eigenvalue weighted by atomic mass is 31.2. The van der Waals surface area contributed by atoms with Crippen molar-refractivity contribution < 1.29 is 19.5 Å². The second kappa shape index (κ2) is 4.96. The molecule has 0 aliphatic heterocycles. The van der Waals surface area contributed by atoms with Gasteiger partial charge in [-0.2, -0.15) is 0 Å². The number of rotatable bonds is 2. The first-order valence-electron chi connectivity index (χ1n) is 6.61. The molecule has 0 bridgehead atoms. The van der Waals surface area contributed by atoms with Gasteiger partial charge in [0.25, 0.3) is 0 Å². The van der Waals surface area contributed by atoms with Gasteiger partial charge in [-0.05, 0) is 16.5 Å². The van der Waals surface area contributed by atoms with E-state index in [4.69, 9.17) is 0 Å². The van der Waals surface area contributed by atoms with Crippen molar-refractivity contribution in [2.75, 3.05) is 0 Å². The van der Waals surface area contributed by atoms with Crippen molar-refractivity contribution >= 4 is 7.60 Å². The average Bonchev–Trinajstić information content (AvgIpc) is 2.23. The highest BCUT2D eigenvalue weighted by molar-refractivity contribution is 7.52. The van der Waals surface area contributed by atoms with Crippen LogP contribution < -0.4 is 0 Å². The van der Waals surface area contributed by atoms with E-state index in [1.165, 1.54) is 0 Å². The smallest absolute Gasteiger partial charge is 0.361 e. The monoisotopic (exact) mass is 300 g/mol. The predicted octanol–water partition coefficient (Wildman–Crippen LogP) is 3.35. The third-order valence-electron chi connectivity index (χ3n) is 3.58. The number of aliphatic hydroxyl groups is 1. The largest absolute Gasteiger partial charge is 0.373 e. The van der Waals surface area contributed by atoms with Gasteiger partial charge in [0.1, 0.15) is 0 Å². The minimum Gasteiger partial charge on any atom is -0.373 e. The van der Waals surface area contributed by atoms with E-state index in [-0.39, 0.29) is 5.41 Å². The number of benzene rings is 1. The molecular weight excluding hydrogens is 275 g/mol. The molecule has 114 valence electrons. The minimum atomic E-state index is -4.77. The van der Waals surface area contributed by atoms with Gasteiger partial charge in [-0.1, -0.05) is 65.8 Å². The van der Waals surface area contributed by atoms with Gasteiger partial charge < -0.3 is 14.9 Å². The lowest BCUT2D eigenvalue weighted by Crippen LogP contribution is -2.41. The topological polar surface area (TPSA) is 77.8 Å². The van der Waals surface area contributed by atoms with Gasteiger partial charge in [-0.3, -0.25) is 4.57 Å². The maximum Gasteiger partial charge on any atom is 0.361 e. The maximum atomic E-state index is 12.0. The zero-order valence-electron chi connectivity index (χ0n) is 13.0. The van der Waals surface area contributed by atoms with E-state index in [1.54, 1.807) is 32.9 Å². The quantitative estimate of drug-likeness (QED) is 0.732. The van der Waals surface area contributed by atoms with Crippen LogP contribution in [-0.4, -0.2) is 14.9 Å². The van der Waals surface area contributed by atoms with E-state index in [0.29, 0.717) is 5.56 Å². The Morgan fingerprint density at radius 1 is 0.900 bits per heavy atom. The average molecular weight is 300 g/mol. The van der Waals surface area contributed by atoms with Crippen LogP contribution in [0.3, 0.4) is 0 Å². The summed E-state index contributed by atoms with van der Waals surface area (Å²) in [5, 5.41) is 8.72. The summed E-state index contributed by atoms with van der Waals surface area (Å²) >= 11 is 0. The summed E-state index contributed by atoms with van der Waals surface area (Å²) in [6.07, 6.45) is 0. The summed E-state index contributed by atoms with van der Waals surface area (Å²) < 4.78 is 12.0. The Labute approximate surface area is 121 Å². The fraction of sp³-hybridized carbons (Fsp3) is 0.600. The van der Waals surface area contributed by atoms with E-state index in [0.717, 1.165) is 5.56 Å². The van der Waals surface area contributed by atoms with Crippen LogP contribution in [0, 0.1) is 5.41 Å². The van der Waals surface area contributed by atoms with Crippen molar-refractivity contribution in [3.63, 3.8) is 0 Å². The van der Waals surface area contributed by atoms with Gasteiger partial charge in [0.05, 0.1) is 0 Å². The SMILES string of the molecule is CC(C)(C)c1ccccc1[C@](O)(C(C)(C)C)P(=O)(O)O. The van der Waals surface area contributed by atoms with Crippen molar-refractivity contribution in [3.8, 4) is 0 Å². The molecule has 0 aliphatic rings. The fourth-order valence-corrected chi connectivity index (χ4v) is 3.82. The van der Waals surface area contributed by atoms with Crippen molar-refractivity contribution in [1.82, 2.24) is 0 Å². The molecule has 1 atom stereocenters. The molecule has 1 rings (SSSR count). The lowest BCUT2D eigenvalue weighted by Gasteiger charge is -2.43. The highest BCUT2D eigenvalue weighted by Crippen LogP contribution is 2.64. The molecule has 0 radical (unpaired) electrons. The summed E-state index contributed by atoms with van der Waals surface area (Å²) in [7, 11) is -4.77. The molecule has 0 aliphatic carbocycles. The Kier molecular flexibility index (Phi) is 4.31. The summed E-state index contributed by atoms with van der Waals surface area (Å²) in [6.45, 7) is 10.8. The Hall–Kier alpha value is -0.670. The molecular formula is C15H25O4P. The predicted molar refractivity (Wildman–Crippen MR) is 80.5 cm³/mol. The molecule has 3 N–H and O–H groups in total. The molecule has 0 saturated carbocycles. The number of hydrogen-bond acceptors (Lipinski definition) is 2. The Balaban J connectivity index is 3.75. The van der Waals surface area contributed by atoms with E-state index < -0.39 is 18.4 Å². The summed E-state index contributed by atoms with van der Waals surface area (Å²) in [4.78, 5) is 19.6. The molecule has 1 aromatic carbocycles. The van der Waals surface area contributed by atoms with E-state index in [9.17, 15) is 19.5 Å². The first-order valence-corrected chi connectivity index (χ1v) is 8.22. The normalized spacial score (nSPS) is 16.9. The van der Waals surface area contributed by atoms with Crippen molar-refractivity contribution in [3.05, 3.63) is 35.4 Å². The molecule has 0 fully saturated rings. The Morgan fingerprint density at radius 2 is 1.30 bits per heavy atom. The third kappa shape index (κ3) is 2.84. The van der Waals surface area contributed by atoms with Crippen LogP contribution in [0.4, 0.5) is 0 Å². The van der Waals surface area contributed by atoms with Crippen molar-refractivity contribution in [2.45, 2.75) is 52.3 Å². The Bertz CT molecular complexity index is 534. The van der Waals surface area contributed by atoms with Crippen LogP contribution in [0.5, 0.6) is 0 Å². The molecule has 0 unspecified atom stereocenters. The van der Waals surface area contributed by atoms with Gasteiger partial charge in [-0.25, -0.2) is 0 Å². The van der Waals surface area contributed by atoms with E-state index >= 15 is 0 Å². The van der Waals surface area contributed by atoms with Crippen LogP contribution in [0.2, 0.25) is 0 Å². The molecule has 0 amide bonds. The van der Waals surface area contributed by atoms with Crippen LogP contribution in [0.1, 0.15) is 52.7 Å². The standard InChI is InChI=1S/C15H25O4P/c1-13(2,3)11-9-7-8-10-12(11)15(16,14(4,5)6)20(17,18)19/h7-10,16H,1-6H3,(H2,17,18,19)/t15-/m1/s1. The summed E-state index contributed by atoms with van der Waals surface area (Å²) in [5.41, 5.74) is -0.299. The van der Waals surface area contributed by atoms with Gasteiger partial charge in [0.2, 0.25) is 0 Å². The fourth-order valence-electron chi connectivity index (χ4n) is 2.44. The highest BCUT2D eigenvalue weighted by Gasteiger charge is 2.56. The summed E-state index contributed by atoms with van der Waals surface area (Å²) in [6, 6.07) is 6.91. The van der Waals surface area contributed by atoms with Gasteiger partial charge in [0, 0.05) is 5.41 Å². The molecule has 0 saturated heterocycles. The third-order valence-corrected chi connectivity index (χ3v) is 5.33. The van der Waals surface area contributed by atoms with E-state index in [1.807, 2.05) is 32.9 Å². The van der Waals surface area contributed by atoms with Crippen LogP contribution >= 0.6 is 7.60 Å². The van der Waals surface area contributed by atoms with Crippen LogP contribution in [-0.2, 0) is 15.3 Å². The lowest BCUT2D eigenvalue weighted by molar-refractivity contribution is -0.0101. The number of hydrogen-bond donors (Lipinski definition) is 3. The second-order valence-corrected chi connectivity index (χ2v) is 9.00. The molecule has 4 nitrogen and oxygen atoms in total. The molecule has 1 aromatic rings. The van der Waals surface area contributed by atoms with Gasteiger partial charge in [-0.15, -0.1) is 0 Å². The van der Waals surface area contributed by atoms with E-state index in [2.05, 4.69) is 0 Å². The Morgan fingerprint density at radius 3 is 1.60 bits per heavy atom. The molecule has 0 spiro atoms. The van der Waals surface area contributed by atoms with Crippen LogP contribution in [0.25, 0.3) is 0 Å². The first-order chi connectivity index (χ1) is 8.73. The summed E-state index contributed by atoms with van der Waals surface area (Å²) in [5.74, 6) is 0. The van der Waals surface area contributed by atoms with Crippen molar-refractivity contribution in [1.29, 1.82) is 0 Å². The molecule has 0 aromatic heterocycles. The molecule has 0 heterocycles. The first kappa shape index (κ1) is 17.4. The lowest BCUT2D eigenvalue weighted by atomic mass is 9.76. The van der Waals surface area contributed by atoms with Gasteiger partial charge >= 0.3 is 7.60 Å². The van der Waals surface area contributed by atoms with Gasteiger partial charge in [0.15, 0.2) is 5.34 Å². The van der Waals surface area contributed by atoms with Crippen molar-refractivity contribution in [2.24, 2.45) is 5.41 Å².